The molecule has 0 bridgehead atoms. The minimum Gasteiger partial charge on any atom is -0.456 e. The summed E-state index contributed by atoms with van der Waals surface area (Å²) in [6, 6.07) is 54.0. The second kappa shape index (κ2) is 10.7. The molecule has 2 unspecified atom stereocenters. The van der Waals surface area contributed by atoms with Gasteiger partial charge in [0.05, 0.1) is 22.3 Å². The number of benzene rings is 6. The van der Waals surface area contributed by atoms with Crippen LogP contribution in [0.25, 0.3) is 44.6 Å². The Bertz CT molecular complexity index is 2380. The summed E-state index contributed by atoms with van der Waals surface area (Å²) in [6.07, 6.45) is 4.73. The minimum absolute atomic E-state index is 0.288. The van der Waals surface area contributed by atoms with Crippen LogP contribution >= 0.6 is 0 Å². The summed E-state index contributed by atoms with van der Waals surface area (Å²) in [5.74, 6) is 0.583. The molecule has 8 aromatic rings. The molecule has 3 heteroatoms. The fourth-order valence-electron chi connectivity index (χ4n) is 7.52. The Labute approximate surface area is 268 Å². The van der Waals surface area contributed by atoms with E-state index in [2.05, 4.69) is 174 Å². The average molecular weight is 593 g/mol. The van der Waals surface area contributed by atoms with Crippen molar-refractivity contribution >= 4 is 56.0 Å². The highest BCUT2D eigenvalue weighted by Gasteiger charge is 2.30. The first kappa shape index (κ1) is 26.6. The molecule has 0 saturated carbocycles. The van der Waals surface area contributed by atoms with Crippen LogP contribution in [-0.2, 0) is 0 Å². The smallest absolute Gasteiger partial charge is 0.137 e. The van der Waals surface area contributed by atoms with Crippen LogP contribution in [0.4, 0.5) is 17.1 Å². The van der Waals surface area contributed by atoms with E-state index >= 15 is 0 Å². The molecule has 1 aliphatic rings. The summed E-state index contributed by atoms with van der Waals surface area (Å²) in [5.41, 5.74) is 11.5. The van der Waals surface area contributed by atoms with E-state index in [1.54, 1.807) is 0 Å². The van der Waals surface area contributed by atoms with Gasteiger partial charge in [0.15, 0.2) is 0 Å². The highest BCUT2D eigenvalue weighted by molar-refractivity contribution is 6.13. The fourth-order valence-corrected chi connectivity index (χ4v) is 7.52. The molecule has 3 nitrogen and oxygen atoms in total. The Morgan fingerprint density at radius 1 is 0.609 bits per heavy atom. The Balaban J connectivity index is 1.31. The largest absolute Gasteiger partial charge is 0.456 e. The van der Waals surface area contributed by atoms with E-state index < -0.39 is 0 Å². The summed E-state index contributed by atoms with van der Waals surface area (Å²) in [5, 5.41) is 3.51. The molecule has 6 aromatic carbocycles. The third-order valence-electron chi connectivity index (χ3n) is 9.58. The van der Waals surface area contributed by atoms with Gasteiger partial charge >= 0.3 is 0 Å². The zero-order valence-electron chi connectivity index (χ0n) is 25.5. The van der Waals surface area contributed by atoms with E-state index in [0.29, 0.717) is 5.92 Å². The molecule has 0 spiro atoms. The summed E-state index contributed by atoms with van der Waals surface area (Å²) >= 11 is 0. The van der Waals surface area contributed by atoms with Crippen LogP contribution in [-0.4, -0.2) is 4.57 Å². The predicted octanol–water partition coefficient (Wildman–Crippen LogP) is 11.9. The lowest BCUT2D eigenvalue weighted by Crippen LogP contribution is -2.12. The van der Waals surface area contributed by atoms with Crippen LogP contribution in [0.15, 0.2) is 162 Å². The van der Waals surface area contributed by atoms with Gasteiger partial charge in [-0.3, -0.25) is 0 Å². The molecule has 1 aliphatic carbocycles. The number of rotatable bonds is 5. The summed E-state index contributed by atoms with van der Waals surface area (Å²) in [4.78, 5) is 2.38. The van der Waals surface area contributed by atoms with Gasteiger partial charge in [-0.1, -0.05) is 104 Å². The van der Waals surface area contributed by atoms with Crippen LogP contribution in [0.2, 0.25) is 0 Å². The van der Waals surface area contributed by atoms with E-state index in [4.69, 9.17) is 4.42 Å². The third kappa shape index (κ3) is 4.13. The molecule has 46 heavy (non-hydrogen) atoms. The van der Waals surface area contributed by atoms with Crippen LogP contribution in [0.1, 0.15) is 35.6 Å². The normalized spacial score (nSPS) is 15.8. The molecular weight excluding hydrogens is 560 g/mol. The fraction of sp³-hybridized carbons (Fsp3) is 0.0698. The Hall–Kier alpha value is -5.80. The lowest BCUT2D eigenvalue weighted by atomic mass is 9.78. The maximum absolute atomic E-state index is 6.34. The van der Waals surface area contributed by atoms with Crippen molar-refractivity contribution in [1.82, 2.24) is 4.57 Å². The molecule has 2 atom stereocenters. The van der Waals surface area contributed by atoms with Gasteiger partial charge in [0.2, 0.25) is 0 Å². The summed E-state index contributed by atoms with van der Waals surface area (Å²) < 4.78 is 8.77. The molecule has 220 valence electrons. The second-order valence-corrected chi connectivity index (χ2v) is 12.2. The summed E-state index contributed by atoms with van der Waals surface area (Å²) in [7, 11) is 0. The quantitative estimate of drug-likeness (QED) is 0.198. The highest BCUT2D eigenvalue weighted by atomic mass is 16.3. The van der Waals surface area contributed by atoms with Gasteiger partial charge in [-0.15, -0.1) is 0 Å². The van der Waals surface area contributed by atoms with Crippen LogP contribution in [0.3, 0.4) is 0 Å². The highest BCUT2D eigenvalue weighted by Crippen LogP contribution is 2.48. The maximum Gasteiger partial charge on any atom is 0.137 e. The molecule has 2 heterocycles. The molecule has 9 rings (SSSR count). The van der Waals surface area contributed by atoms with Crippen molar-refractivity contribution in [3.05, 3.63) is 175 Å². The molecule has 0 N–H and O–H groups in total. The zero-order chi connectivity index (χ0) is 30.6. The summed E-state index contributed by atoms with van der Waals surface area (Å²) in [6.45, 7) is 2.38. The topological polar surface area (TPSA) is 21.3 Å². The number of para-hydroxylation sites is 3. The number of allylic oxidation sites excluding steroid dienone is 1. The molecule has 0 aliphatic heterocycles. The van der Waals surface area contributed by atoms with Gasteiger partial charge in [-0.05, 0) is 83.8 Å². The Morgan fingerprint density at radius 2 is 1.30 bits per heavy atom. The predicted molar refractivity (Wildman–Crippen MR) is 192 cm³/mol. The number of furan rings is 1. The number of hydrogen-bond donors (Lipinski definition) is 0. The second-order valence-electron chi connectivity index (χ2n) is 12.2. The van der Waals surface area contributed by atoms with Crippen LogP contribution in [0.5, 0.6) is 0 Å². The number of nitrogens with zero attached hydrogens (tertiary/aromatic N) is 2. The van der Waals surface area contributed by atoms with Gasteiger partial charge in [0, 0.05) is 33.8 Å². The Morgan fingerprint density at radius 3 is 2.11 bits per heavy atom. The van der Waals surface area contributed by atoms with Crippen molar-refractivity contribution in [1.29, 1.82) is 0 Å². The van der Waals surface area contributed by atoms with Gasteiger partial charge in [0.1, 0.15) is 11.2 Å². The van der Waals surface area contributed by atoms with Crippen molar-refractivity contribution in [2.24, 2.45) is 0 Å². The number of fused-ring (bicyclic) bond motifs is 6. The average Bonchev–Trinajstić information content (AvgIpc) is 3.66. The van der Waals surface area contributed by atoms with Gasteiger partial charge < -0.3 is 13.9 Å². The van der Waals surface area contributed by atoms with Gasteiger partial charge in [-0.25, -0.2) is 0 Å². The SMILES string of the molecule is CC1c2c(n(-c3ccccc3)c3ccc(N(c4ccccc4)c4cccc5oc6ccccc6c45)cc23)C=CC1c1ccccc1. The first-order chi connectivity index (χ1) is 22.8. The molecule has 2 aromatic heterocycles. The number of aromatic nitrogens is 1. The van der Waals surface area contributed by atoms with E-state index in [1.165, 1.54) is 33.4 Å². The van der Waals surface area contributed by atoms with E-state index in [0.717, 1.165) is 39.0 Å². The molecule has 0 saturated heterocycles. The van der Waals surface area contributed by atoms with E-state index in [1.807, 2.05) is 6.07 Å². The van der Waals surface area contributed by atoms with E-state index in [-0.39, 0.29) is 5.92 Å². The van der Waals surface area contributed by atoms with Gasteiger partial charge in [0.25, 0.3) is 0 Å². The number of anilines is 3. The van der Waals surface area contributed by atoms with E-state index in [9.17, 15) is 0 Å². The van der Waals surface area contributed by atoms with Gasteiger partial charge in [-0.2, -0.15) is 0 Å². The molecular formula is C43H32N2O. The van der Waals surface area contributed by atoms with Crippen LogP contribution in [0, 0.1) is 0 Å². The van der Waals surface area contributed by atoms with Crippen molar-refractivity contribution < 1.29 is 4.42 Å². The lowest BCUT2D eigenvalue weighted by Gasteiger charge is -2.28. The first-order valence-corrected chi connectivity index (χ1v) is 16.0. The molecule has 0 fully saturated rings. The zero-order valence-corrected chi connectivity index (χ0v) is 25.5. The molecule has 0 radical (unpaired) electrons. The van der Waals surface area contributed by atoms with Crippen molar-refractivity contribution in [2.75, 3.05) is 4.90 Å². The maximum atomic E-state index is 6.34. The minimum atomic E-state index is 0.288. The number of hydrogen-bond acceptors (Lipinski definition) is 2. The molecule has 0 amide bonds. The first-order valence-electron chi connectivity index (χ1n) is 16.0. The van der Waals surface area contributed by atoms with Crippen LogP contribution < -0.4 is 4.90 Å². The van der Waals surface area contributed by atoms with Crippen molar-refractivity contribution in [2.45, 2.75) is 18.8 Å². The van der Waals surface area contributed by atoms with Crippen molar-refractivity contribution in [3.8, 4) is 5.69 Å². The monoisotopic (exact) mass is 592 g/mol. The van der Waals surface area contributed by atoms with Crippen molar-refractivity contribution in [3.63, 3.8) is 0 Å². The third-order valence-corrected chi connectivity index (χ3v) is 9.58. The Kier molecular flexibility index (Phi) is 6.17. The lowest BCUT2D eigenvalue weighted by molar-refractivity contribution is 0.669. The standard InChI is InChI=1S/C43H32N2O/c1-29-34(30-14-5-2-6-15-30)25-27-39-42(29)36-28-33(24-26-37(36)45(39)32-18-9-4-10-19-32)44(31-16-7-3-8-17-31)38-21-13-23-41-43(38)35-20-11-12-22-40(35)46-41/h2-29,34H,1H3.